The van der Waals surface area contributed by atoms with Gasteiger partial charge in [0.2, 0.25) is 0 Å². The minimum absolute atomic E-state index is 0. The van der Waals surface area contributed by atoms with Gasteiger partial charge in [0.05, 0.1) is 0 Å². The van der Waals surface area contributed by atoms with Gasteiger partial charge in [0.15, 0.2) is 0 Å². The second-order valence-corrected chi connectivity index (χ2v) is 19.2. The zero-order valence-electron chi connectivity index (χ0n) is 42.7. The Bertz CT molecular complexity index is 2910. The van der Waals surface area contributed by atoms with Gasteiger partial charge in [-0.1, -0.05) is 119 Å². The number of nitrogens with zero attached hydrogens (tertiary/aromatic N) is 3. The fraction of sp³-hybridized carbons (Fsp3) is 0.274. The van der Waals surface area contributed by atoms with Gasteiger partial charge < -0.3 is 15.0 Å². The van der Waals surface area contributed by atoms with Crippen LogP contribution in [0, 0.1) is 25.1 Å². The molecule has 9 rings (SSSR count). The molecule has 66 heavy (non-hydrogen) atoms. The maximum Gasteiger partial charge on any atom is 3.00 e. The van der Waals surface area contributed by atoms with Crippen molar-refractivity contribution in [3.05, 3.63) is 221 Å². The molecule has 1 fully saturated rings. The average molecular weight is 1040 g/mol. The van der Waals surface area contributed by atoms with Crippen molar-refractivity contribution < 1.29 is 25.6 Å². The van der Waals surface area contributed by atoms with Crippen molar-refractivity contribution in [3.63, 3.8) is 0 Å². The number of hydrogen-bond acceptors (Lipinski definition) is 3. The molecule has 0 N–H and O–H groups in total. The van der Waals surface area contributed by atoms with E-state index in [1.54, 1.807) is 6.20 Å². The first kappa shape index (κ1) is 41.6. The Labute approximate surface area is 413 Å². The fourth-order valence-corrected chi connectivity index (χ4v) is 9.55. The zero-order chi connectivity index (χ0) is 48.4. The van der Waals surface area contributed by atoms with Crippen LogP contribution in [0.25, 0.3) is 44.9 Å². The smallest absolute Gasteiger partial charge is 0.304 e. The van der Waals surface area contributed by atoms with Crippen molar-refractivity contribution in [2.24, 2.45) is 0 Å². The molecule has 0 bridgehead atoms. The molecular weight excluding hydrogens is 979 g/mol. The van der Waals surface area contributed by atoms with Crippen LogP contribution >= 0.6 is 0 Å². The van der Waals surface area contributed by atoms with Crippen molar-refractivity contribution in [1.29, 1.82) is 0 Å². The van der Waals surface area contributed by atoms with E-state index in [0.717, 1.165) is 74.3 Å². The molecule has 1 aliphatic rings. The topological polar surface area (TPSA) is 38.7 Å². The summed E-state index contributed by atoms with van der Waals surface area (Å²) in [6.45, 7) is 10.9. The second kappa shape index (κ2) is 20.8. The molecule has 0 aliphatic heterocycles. The van der Waals surface area contributed by atoms with Gasteiger partial charge in [0, 0.05) is 24.1 Å². The number of benzene rings is 5. The summed E-state index contributed by atoms with van der Waals surface area (Å²) in [6.07, 6.45) is 7.47. The molecule has 332 valence electrons. The molecule has 0 unspecified atom stereocenters. The van der Waals surface area contributed by atoms with E-state index in [9.17, 15) is 5.48 Å². The van der Waals surface area contributed by atoms with Crippen LogP contribution < -0.4 is 0 Å². The van der Waals surface area contributed by atoms with E-state index in [4.69, 9.17) is 15.0 Å². The molecular formula is C62H60IrN3. The number of aromatic nitrogens is 3. The maximum atomic E-state index is 10.1. The van der Waals surface area contributed by atoms with E-state index in [1.807, 2.05) is 116 Å². The van der Waals surface area contributed by atoms with Gasteiger partial charge in [-0.2, -0.15) is 0 Å². The predicted octanol–water partition coefficient (Wildman–Crippen LogP) is 15.1. The fourth-order valence-electron chi connectivity index (χ4n) is 9.55. The summed E-state index contributed by atoms with van der Waals surface area (Å²) < 4.78 is 40.2. The van der Waals surface area contributed by atoms with Crippen LogP contribution in [0.4, 0.5) is 0 Å². The molecule has 4 heteroatoms. The van der Waals surface area contributed by atoms with E-state index < -0.39 is 23.6 Å². The maximum absolute atomic E-state index is 10.1. The van der Waals surface area contributed by atoms with Gasteiger partial charge in [-0.3, -0.25) is 0 Å². The molecule has 0 atom stereocenters. The normalized spacial score (nSPS) is 14.6. The second-order valence-electron chi connectivity index (χ2n) is 19.2. The Morgan fingerprint density at radius 2 is 1.06 bits per heavy atom. The van der Waals surface area contributed by atoms with Crippen LogP contribution in [0.2, 0.25) is 0 Å². The first-order chi connectivity index (χ1) is 33.1. The Kier molecular flexibility index (Phi) is 13.1. The van der Waals surface area contributed by atoms with Gasteiger partial charge in [0.25, 0.3) is 0 Å². The van der Waals surface area contributed by atoms with Crippen LogP contribution in [0.3, 0.4) is 0 Å². The Morgan fingerprint density at radius 3 is 1.56 bits per heavy atom. The van der Waals surface area contributed by atoms with Gasteiger partial charge in [0.1, 0.15) is 0 Å². The molecule has 3 nitrogen and oxygen atoms in total. The molecule has 5 aromatic carbocycles. The molecule has 0 radical (unpaired) electrons. The minimum Gasteiger partial charge on any atom is -0.304 e. The summed E-state index contributed by atoms with van der Waals surface area (Å²) in [5.41, 5.74) is 12.5. The van der Waals surface area contributed by atoms with Crippen LogP contribution in [-0.4, -0.2) is 15.0 Å². The molecule has 0 amide bonds. The van der Waals surface area contributed by atoms with Crippen molar-refractivity contribution in [1.82, 2.24) is 15.0 Å². The number of hydrogen-bond donors (Lipinski definition) is 0. The first-order valence-electron chi connectivity index (χ1n) is 25.2. The molecule has 0 spiro atoms. The summed E-state index contributed by atoms with van der Waals surface area (Å²) in [5, 5.41) is 0. The average Bonchev–Trinajstić information content (AvgIpc) is 3.36. The molecule has 3 heterocycles. The molecule has 8 aromatic rings. The Hall–Kier alpha value is -5.80. The van der Waals surface area contributed by atoms with Crippen molar-refractivity contribution in [2.45, 2.75) is 109 Å². The third kappa shape index (κ3) is 11.2. The van der Waals surface area contributed by atoms with Crippen molar-refractivity contribution >= 4 is 0 Å². The summed E-state index contributed by atoms with van der Waals surface area (Å²) in [6, 6.07) is 56.0. The summed E-state index contributed by atoms with van der Waals surface area (Å²) in [4.78, 5) is 14.5. The Balaban J connectivity index is 0.00000659. The summed E-state index contributed by atoms with van der Waals surface area (Å²) >= 11 is 0. The number of pyridine rings is 3. The summed E-state index contributed by atoms with van der Waals surface area (Å²) in [7, 11) is 0. The van der Waals surface area contributed by atoms with E-state index in [2.05, 4.69) is 89.2 Å². The summed E-state index contributed by atoms with van der Waals surface area (Å²) in [5.74, 6) is 0.439. The van der Waals surface area contributed by atoms with E-state index in [0.29, 0.717) is 30.0 Å². The molecule has 1 saturated carbocycles. The molecule has 1 aliphatic carbocycles. The van der Waals surface area contributed by atoms with Crippen LogP contribution in [0.5, 0.6) is 0 Å². The van der Waals surface area contributed by atoms with Crippen molar-refractivity contribution in [3.8, 4) is 44.9 Å². The van der Waals surface area contributed by atoms with E-state index >= 15 is 0 Å². The van der Waals surface area contributed by atoms with E-state index in [1.165, 1.54) is 24.8 Å². The monoisotopic (exact) mass is 1040 g/mol. The number of aryl methyl sites for hydroxylation is 3. The third-order valence-corrected chi connectivity index (χ3v) is 13.1. The SMILES string of the molecule is [2H]C([2H])(c1cc(CC(C)(C)c2ccc(-c3[c-]cccc3)nc2)cc(CC(C)(C)c2ccc(-c3[c-]cccc3)nc2)c1)C([2H])([2H])c1cnc(-c2[c-]cccc2)cc1-c1cc(C)cc(C2CCCCC2)c1.[Ir+3]. The standard InChI is InChI=1S/C62H60N3.Ir/c1-44-32-53(48-18-10-6-11-19-48)37-54(33-44)57-38-60(51-24-16-9-17-25-51)63-41-52(57)27-26-45-34-46(39-61(2,3)55-28-30-58(64-42-55)49-20-12-7-13-21-49)36-47(35-45)40-62(4,5)56-29-31-59(65-43-56)50-22-14-8-15-23-50;/h7-9,12-17,20,22,24,28-38,41-43,48H,6,10-11,18-19,26-27,39-40H2,1-5H3;/q-3;+3/i26D2,27D2;. The van der Waals surface area contributed by atoms with Crippen LogP contribution in [0.15, 0.2) is 158 Å². The first-order valence-corrected chi connectivity index (χ1v) is 23.2. The van der Waals surface area contributed by atoms with E-state index in [-0.39, 0.29) is 31.2 Å². The molecule has 0 saturated heterocycles. The Morgan fingerprint density at radius 1 is 0.545 bits per heavy atom. The van der Waals surface area contributed by atoms with Gasteiger partial charge >= 0.3 is 20.1 Å². The van der Waals surface area contributed by atoms with Gasteiger partial charge in [-0.15, -0.1) is 108 Å². The molecule has 3 aromatic heterocycles. The van der Waals surface area contributed by atoms with Gasteiger partial charge in [-0.25, -0.2) is 0 Å². The minimum atomic E-state index is -2.52. The quantitative estimate of drug-likeness (QED) is 0.102. The van der Waals surface area contributed by atoms with Gasteiger partial charge in [-0.05, 0) is 129 Å². The van der Waals surface area contributed by atoms with Crippen LogP contribution in [0.1, 0.15) is 116 Å². The third-order valence-electron chi connectivity index (χ3n) is 13.1. The van der Waals surface area contributed by atoms with Crippen molar-refractivity contribution in [2.75, 3.05) is 0 Å². The predicted molar refractivity (Wildman–Crippen MR) is 269 cm³/mol. The number of rotatable bonds is 14. The largest absolute Gasteiger partial charge is 3.00 e. The zero-order valence-corrected chi connectivity index (χ0v) is 41.1. The van der Waals surface area contributed by atoms with Crippen LogP contribution in [-0.2, 0) is 56.5 Å².